The zero-order valence-corrected chi connectivity index (χ0v) is 24.9. The summed E-state index contributed by atoms with van der Waals surface area (Å²) in [5, 5.41) is 3.85. The van der Waals surface area contributed by atoms with Gasteiger partial charge < -0.3 is 19.9 Å². The van der Waals surface area contributed by atoms with E-state index in [1.165, 1.54) is 10.6 Å². The Kier molecular flexibility index (Phi) is 7.57. The van der Waals surface area contributed by atoms with Gasteiger partial charge >= 0.3 is 6.03 Å². The fourth-order valence-corrected chi connectivity index (χ4v) is 5.68. The molecule has 0 spiro atoms. The number of likely N-dealkylation sites (N-methyl/N-ethyl adjacent to an activating group) is 1. The quantitative estimate of drug-likeness (QED) is 0.298. The van der Waals surface area contributed by atoms with Crippen molar-refractivity contribution in [3.63, 3.8) is 0 Å². The van der Waals surface area contributed by atoms with Gasteiger partial charge in [-0.3, -0.25) is 4.90 Å². The summed E-state index contributed by atoms with van der Waals surface area (Å²) in [5.41, 5.74) is 5.48. The number of fused-ring (bicyclic) bond motifs is 1. The molecule has 0 unspecified atom stereocenters. The normalized spacial score (nSPS) is 15.5. The van der Waals surface area contributed by atoms with Gasteiger partial charge in [0.2, 0.25) is 5.95 Å². The molecule has 1 N–H and O–H groups in total. The van der Waals surface area contributed by atoms with E-state index in [0.29, 0.717) is 34.0 Å². The minimum atomic E-state index is -0.311. The van der Waals surface area contributed by atoms with Crippen LogP contribution in [0.4, 0.5) is 39.4 Å². The van der Waals surface area contributed by atoms with E-state index in [0.717, 1.165) is 48.6 Å². The highest BCUT2D eigenvalue weighted by Gasteiger charge is 2.36. The third-order valence-electron chi connectivity index (χ3n) is 7.77. The van der Waals surface area contributed by atoms with Crippen LogP contribution in [-0.2, 0) is 6.54 Å². The number of methoxy groups -OCH3 is 1. The van der Waals surface area contributed by atoms with Crippen LogP contribution in [0.5, 0.6) is 5.75 Å². The van der Waals surface area contributed by atoms with E-state index in [4.69, 9.17) is 21.3 Å². The lowest BCUT2D eigenvalue weighted by Crippen LogP contribution is -2.46. The second-order valence-electron chi connectivity index (χ2n) is 10.6. The molecule has 0 aliphatic carbocycles. The van der Waals surface area contributed by atoms with Gasteiger partial charge in [0.1, 0.15) is 11.6 Å². The highest BCUT2D eigenvalue weighted by Crippen LogP contribution is 2.39. The first-order chi connectivity index (χ1) is 20.3. The minimum Gasteiger partial charge on any atom is -0.495 e. The van der Waals surface area contributed by atoms with E-state index >= 15 is 0 Å². The Morgan fingerprint density at radius 3 is 2.45 bits per heavy atom. The van der Waals surface area contributed by atoms with Crippen molar-refractivity contribution in [2.45, 2.75) is 20.4 Å². The molecule has 2 aromatic carbocycles. The number of rotatable bonds is 6. The number of nitrogens with one attached hydrogen (secondary N) is 1. The smallest absolute Gasteiger partial charge is 0.336 e. The number of aromatic nitrogens is 3. The first kappa shape index (κ1) is 27.7. The van der Waals surface area contributed by atoms with Gasteiger partial charge in [-0.1, -0.05) is 23.7 Å². The van der Waals surface area contributed by atoms with Crippen LogP contribution >= 0.6 is 11.6 Å². The monoisotopic (exact) mass is 584 g/mol. The van der Waals surface area contributed by atoms with Crippen molar-refractivity contribution in [1.82, 2.24) is 19.9 Å². The molecule has 2 amide bonds. The summed E-state index contributed by atoms with van der Waals surface area (Å²) >= 11 is 6.59. The third kappa shape index (κ3) is 5.31. The van der Waals surface area contributed by atoms with Crippen LogP contribution in [0.1, 0.15) is 16.7 Å². The Morgan fingerprint density at radius 1 is 0.952 bits per heavy atom. The number of hydrogen-bond acceptors (Lipinski definition) is 8. The zero-order chi connectivity index (χ0) is 29.4. The summed E-state index contributed by atoms with van der Waals surface area (Å²) < 4.78 is 5.29. The maximum atomic E-state index is 14.1. The molecule has 0 saturated carbocycles. The lowest BCUT2D eigenvalue weighted by atomic mass is 10.1. The fraction of sp³-hybridized carbons (Fsp3) is 0.290. The van der Waals surface area contributed by atoms with Crippen LogP contribution < -0.4 is 24.8 Å². The van der Waals surface area contributed by atoms with Crippen molar-refractivity contribution in [1.29, 1.82) is 0 Å². The number of ether oxygens (including phenoxy) is 1. The van der Waals surface area contributed by atoms with E-state index < -0.39 is 0 Å². The first-order valence-electron chi connectivity index (χ1n) is 13.9. The SMILES string of the molecule is COc1ccc(N2C(=O)N(c3c(C)cccc3Cl)Cc3cnc(Nc4ccc(N5CCN(C)CC5)cc4C)nc32)nc1. The predicted octanol–water partition coefficient (Wildman–Crippen LogP) is 5.92. The standard InChI is InChI=1S/C31H33ClN8O2/c1-20-6-5-7-25(32)28(20)39-19-22-17-34-30(36-29(22)40(31(39)41)27-11-9-24(42-4)18-33-27)35-26-10-8-23(16-21(26)2)38-14-12-37(3)13-15-38/h5-11,16-18H,12-15,19H2,1-4H3,(H,34,35,36). The highest BCUT2D eigenvalue weighted by molar-refractivity contribution is 6.34. The maximum Gasteiger partial charge on any atom is 0.336 e. The number of anilines is 6. The number of piperazine rings is 1. The van der Waals surface area contributed by atoms with Crippen molar-refractivity contribution < 1.29 is 9.53 Å². The molecule has 2 aromatic heterocycles. The molecule has 0 bridgehead atoms. The summed E-state index contributed by atoms with van der Waals surface area (Å²) in [7, 11) is 3.73. The van der Waals surface area contributed by atoms with Crippen LogP contribution in [0, 0.1) is 13.8 Å². The lowest BCUT2D eigenvalue weighted by molar-refractivity contribution is 0.252. The summed E-state index contributed by atoms with van der Waals surface area (Å²) in [6, 6.07) is 15.1. The number of pyridine rings is 1. The molecule has 1 fully saturated rings. The number of aryl methyl sites for hydroxylation is 2. The Morgan fingerprint density at radius 2 is 1.76 bits per heavy atom. The largest absolute Gasteiger partial charge is 0.495 e. The molecule has 216 valence electrons. The van der Waals surface area contributed by atoms with Crippen molar-refractivity contribution in [3.05, 3.63) is 82.6 Å². The highest BCUT2D eigenvalue weighted by atomic mass is 35.5. The Balaban J connectivity index is 1.34. The van der Waals surface area contributed by atoms with Crippen LogP contribution in [0.25, 0.3) is 0 Å². The summed E-state index contributed by atoms with van der Waals surface area (Å²) in [5.74, 6) is 1.84. The molecule has 4 heterocycles. The molecule has 2 aliphatic rings. The van der Waals surface area contributed by atoms with Crippen LogP contribution in [0.15, 0.2) is 60.9 Å². The number of urea groups is 1. The van der Waals surface area contributed by atoms with E-state index in [2.05, 4.69) is 57.3 Å². The molecule has 11 heteroatoms. The Bertz CT molecular complexity index is 1600. The molecule has 4 aromatic rings. The van der Waals surface area contributed by atoms with Crippen LogP contribution in [0.2, 0.25) is 5.02 Å². The van der Waals surface area contributed by atoms with Gasteiger partial charge in [-0.15, -0.1) is 0 Å². The van der Waals surface area contributed by atoms with Gasteiger partial charge in [0.25, 0.3) is 0 Å². The van der Waals surface area contributed by atoms with Gasteiger partial charge in [-0.05, 0) is 68.4 Å². The number of benzene rings is 2. The Labute approximate surface area is 250 Å². The molecular weight excluding hydrogens is 552 g/mol. The summed E-state index contributed by atoms with van der Waals surface area (Å²) in [6.45, 7) is 8.38. The molecule has 0 atom stereocenters. The van der Waals surface area contributed by atoms with E-state index in [9.17, 15) is 4.79 Å². The van der Waals surface area contributed by atoms with Gasteiger partial charge in [-0.2, -0.15) is 4.98 Å². The second-order valence-corrected chi connectivity index (χ2v) is 11.0. The minimum absolute atomic E-state index is 0.268. The number of amides is 2. The van der Waals surface area contributed by atoms with Gasteiger partial charge in [0.15, 0.2) is 5.82 Å². The van der Waals surface area contributed by atoms with Crippen molar-refractivity contribution in [2.24, 2.45) is 0 Å². The lowest BCUT2D eigenvalue weighted by Gasteiger charge is -2.36. The second kappa shape index (κ2) is 11.5. The van der Waals surface area contributed by atoms with E-state index in [-0.39, 0.29) is 12.6 Å². The average Bonchev–Trinajstić information content (AvgIpc) is 2.99. The fourth-order valence-electron chi connectivity index (χ4n) is 5.35. The average molecular weight is 585 g/mol. The molecule has 0 radical (unpaired) electrons. The number of carbonyl (C=O) groups excluding carboxylic acids is 1. The number of halogens is 1. The molecular formula is C31H33ClN8O2. The van der Waals surface area contributed by atoms with E-state index in [1.807, 2.05) is 19.1 Å². The number of hydrogen-bond donors (Lipinski definition) is 1. The molecule has 1 saturated heterocycles. The topological polar surface area (TPSA) is 90.0 Å². The zero-order valence-electron chi connectivity index (χ0n) is 24.1. The number of carbonyl (C=O) groups is 1. The molecule has 10 nitrogen and oxygen atoms in total. The van der Waals surface area contributed by atoms with Gasteiger partial charge in [0, 0.05) is 49.3 Å². The molecule has 42 heavy (non-hydrogen) atoms. The maximum absolute atomic E-state index is 14.1. The van der Waals surface area contributed by atoms with Crippen molar-refractivity contribution >= 4 is 52.3 Å². The van der Waals surface area contributed by atoms with Crippen molar-refractivity contribution in [3.8, 4) is 5.75 Å². The van der Waals surface area contributed by atoms with Gasteiger partial charge in [0.05, 0.1) is 30.6 Å². The number of nitrogens with zero attached hydrogens (tertiary/aromatic N) is 7. The Hall–Kier alpha value is -4.41. The van der Waals surface area contributed by atoms with Crippen LogP contribution in [0.3, 0.4) is 0 Å². The summed E-state index contributed by atoms with van der Waals surface area (Å²) in [4.78, 5) is 36.0. The predicted molar refractivity (Wildman–Crippen MR) is 167 cm³/mol. The summed E-state index contributed by atoms with van der Waals surface area (Å²) in [6.07, 6.45) is 3.33. The first-order valence-corrected chi connectivity index (χ1v) is 14.2. The third-order valence-corrected chi connectivity index (χ3v) is 8.08. The number of para-hydroxylation sites is 1. The van der Waals surface area contributed by atoms with Crippen molar-refractivity contribution in [2.75, 3.05) is 60.4 Å². The van der Waals surface area contributed by atoms with E-state index in [1.54, 1.807) is 42.6 Å². The molecule has 2 aliphatic heterocycles. The molecule has 6 rings (SSSR count). The van der Waals surface area contributed by atoms with Gasteiger partial charge in [-0.25, -0.2) is 19.7 Å². The van der Waals surface area contributed by atoms with Crippen LogP contribution in [-0.4, -0.2) is 66.2 Å².